The van der Waals surface area contributed by atoms with E-state index in [-0.39, 0.29) is 41.0 Å². The third kappa shape index (κ3) is 9.27. The molecule has 41 heavy (non-hydrogen) atoms. The molecule has 2 N–H and O–H groups in total. The lowest BCUT2D eigenvalue weighted by molar-refractivity contribution is -0.192. The SMILES string of the molecule is CCN(CC(=O)O)c1cc(C)ncc1Cn1c(C)cc(OCc2ccc(F)cc2F)c(Br)c1=O.O=C(O)C(F)(F)F. The Kier molecular flexibility index (Phi) is 11.4. The first kappa shape index (κ1) is 33.2. The Hall–Kier alpha value is -4.01. The normalized spacial score (nSPS) is 11.0. The summed E-state index contributed by atoms with van der Waals surface area (Å²) in [5.41, 5.74) is 2.46. The molecule has 0 amide bonds. The fourth-order valence-corrected chi connectivity index (χ4v) is 3.94. The average molecular weight is 650 g/mol. The third-order valence-corrected chi connectivity index (χ3v) is 6.26. The largest absolute Gasteiger partial charge is 0.490 e. The molecule has 0 atom stereocenters. The van der Waals surface area contributed by atoms with Crippen LogP contribution in [0.2, 0.25) is 0 Å². The number of aromatic nitrogens is 2. The number of alkyl halides is 3. The number of nitrogens with zero attached hydrogens (tertiary/aromatic N) is 3. The zero-order chi connectivity index (χ0) is 31.1. The molecule has 15 heteroatoms. The lowest BCUT2D eigenvalue weighted by atomic mass is 10.1. The number of hydrogen-bond donors (Lipinski definition) is 2. The average Bonchev–Trinajstić information content (AvgIpc) is 2.87. The Bertz CT molecular complexity index is 1480. The third-order valence-electron chi connectivity index (χ3n) is 5.53. The number of benzene rings is 1. The van der Waals surface area contributed by atoms with E-state index in [1.54, 1.807) is 30.2 Å². The molecule has 2 heterocycles. The van der Waals surface area contributed by atoms with Crippen LogP contribution in [-0.4, -0.2) is 51.0 Å². The highest BCUT2D eigenvalue weighted by atomic mass is 79.9. The molecule has 3 aromatic rings. The van der Waals surface area contributed by atoms with Crippen molar-refractivity contribution in [2.45, 2.75) is 40.1 Å². The van der Waals surface area contributed by atoms with Crippen LogP contribution in [0.4, 0.5) is 27.6 Å². The van der Waals surface area contributed by atoms with Gasteiger partial charge in [-0.15, -0.1) is 0 Å². The molecule has 3 rings (SSSR count). The number of anilines is 1. The first-order chi connectivity index (χ1) is 19.0. The number of carboxylic acids is 2. The van der Waals surface area contributed by atoms with Crippen molar-refractivity contribution >= 4 is 33.6 Å². The highest BCUT2D eigenvalue weighted by Gasteiger charge is 2.38. The van der Waals surface area contributed by atoms with Gasteiger partial charge in [0.05, 0.1) is 6.54 Å². The molecule has 0 fully saturated rings. The molecule has 9 nitrogen and oxygen atoms in total. The van der Waals surface area contributed by atoms with E-state index in [9.17, 15) is 36.6 Å². The maximum Gasteiger partial charge on any atom is 0.490 e. The maximum atomic E-state index is 13.9. The Morgan fingerprint density at radius 1 is 1.10 bits per heavy atom. The van der Waals surface area contributed by atoms with Crippen molar-refractivity contribution in [1.29, 1.82) is 0 Å². The molecular weight excluding hydrogens is 625 g/mol. The van der Waals surface area contributed by atoms with Gasteiger partial charge in [-0.05, 0) is 54.9 Å². The highest BCUT2D eigenvalue weighted by molar-refractivity contribution is 9.10. The van der Waals surface area contributed by atoms with Crippen LogP contribution in [0.1, 0.15) is 29.4 Å². The number of aryl methyl sites for hydroxylation is 2. The fourth-order valence-electron chi connectivity index (χ4n) is 3.50. The zero-order valence-electron chi connectivity index (χ0n) is 21.9. The summed E-state index contributed by atoms with van der Waals surface area (Å²) in [6.07, 6.45) is -3.45. The molecule has 0 unspecified atom stereocenters. The summed E-state index contributed by atoms with van der Waals surface area (Å²) < 4.78 is 66.1. The van der Waals surface area contributed by atoms with Gasteiger partial charge in [0, 0.05) is 53.1 Å². The number of halogens is 6. The van der Waals surface area contributed by atoms with Crippen LogP contribution in [0.25, 0.3) is 0 Å². The van der Waals surface area contributed by atoms with Gasteiger partial charge >= 0.3 is 18.1 Å². The molecule has 0 radical (unpaired) electrons. The minimum absolute atomic E-state index is 0.153. The minimum Gasteiger partial charge on any atom is -0.487 e. The number of likely N-dealkylation sites (N-methyl/N-ethyl adjacent to an activating group) is 1. The van der Waals surface area contributed by atoms with Gasteiger partial charge in [-0.2, -0.15) is 13.2 Å². The van der Waals surface area contributed by atoms with Gasteiger partial charge in [0.1, 0.15) is 35.0 Å². The van der Waals surface area contributed by atoms with E-state index in [2.05, 4.69) is 20.9 Å². The van der Waals surface area contributed by atoms with Crippen molar-refractivity contribution in [2.75, 3.05) is 18.0 Å². The number of ether oxygens (including phenoxy) is 1. The summed E-state index contributed by atoms with van der Waals surface area (Å²) in [6.45, 7) is 5.66. The van der Waals surface area contributed by atoms with E-state index in [4.69, 9.17) is 14.6 Å². The summed E-state index contributed by atoms with van der Waals surface area (Å²) in [6, 6.07) is 6.63. The first-order valence-corrected chi connectivity index (χ1v) is 12.5. The summed E-state index contributed by atoms with van der Waals surface area (Å²) >= 11 is 3.27. The minimum atomic E-state index is -5.08. The van der Waals surface area contributed by atoms with Crippen LogP contribution in [0.5, 0.6) is 5.75 Å². The molecule has 0 saturated heterocycles. The van der Waals surface area contributed by atoms with E-state index in [0.29, 0.717) is 23.5 Å². The topological polar surface area (TPSA) is 122 Å². The highest BCUT2D eigenvalue weighted by Crippen LogP contribution is 2.26. The van der Waals surface area contributed by atoms with Crippen LogP contribution in [0, 0.1) is 25.5 Å². The van der Waals surface area contributed by atoms with Gasteiger partial charge in [0.25, 0.3) is 5.56 Å². The van der Waals surface area contributed by atoms with E-state index in [1.165, 1.54) is 10.6 Å². The van der Waals surface area contributed by atoms with E-state index in [0.717, 1.165) is 17.8 Å². The number of carboxylic acid groups (broad SMARTS) is 2. The lowest BCUT2D eigenvalue weighted by Crippen LogP contribution is -2.31. The number of aliphatic carboxylic acids is 2. The summed E-state index contributed by atoms with van der Waals surface area (Å²) in [4.78, 5) is 39.4. The number of rotatable bonds is 9. The molecular formula is C26H25BrF5N3O6. The van der Waals surface area contributed by atoms with Crippen LogP contribution in [-0.2, 0) is 22.7 Å². The van der Waals surface area contributed by atoms with Crippen molar-refractivity contribution in [3.8, 4) is 5.75 Å². The Morgan fingerprint density at radius 3 is 2.27 bits per heavy atom. The predicted octanol–water partition coefficient (Wildman–Crippen LogP) is 5.07. The summed E-state index contributed by atoms with van der Waals surface area (Å²) in [7, 11) is 0. The van der Waals surface area contributed by atoms with Crippen molar-refractivity contribution in [1.82, 2.24) is 9.55 Å². The number of hydrogen-bond acceptors (Lipinski definition) is 6. The monoisotopic (exact) mass is 649 g/mol. The quantitative estimate of drug-likeness (QED) is 0.308. The van der Waals surface area contributed by atoms with Gasteiger partial charge in [-0.3, -0.25) is 14.6 Å². The second-order valence-corrected chi connectivity index (χ2v) is 9.34. The summed E-state index contributed by atoms with van der Waals surface area (Å²) in [5.74, 6) is -4.91. The lowest BCUT2D eigenvalue weighted by Gasteiger charge is -2.25. The molecule has 0 spiro atoms. The molecule has 0 aliphatic heterocycles. The van der Waals surface area contributed by atoms with E-state index < -0.39 is 29.7 Å². The number of pyridine rings is 2. The van der Waals surface area contributed by atoms with Gasteiger partial charge in [-0.25, -0.2) is 13.6 Å². The molecule has 0 aliphatic carbocycles. The Labute approximate surface area is 238 Å². The molecule has 1 aromatic carbocycles. The predicted molar refractivity (Wildman–Crippen MR) is 141 cm³/mol. The standard InChI is InChI=1S/C24H24BrF2N3O4.C2HF3O2/c1-4-29(12-22(31)32)20-7-14(2)28-10-17(20)11-30-15(3)8-21(23(25)24(30)33)34-13-16-5-6-18(26)9-19(16)27;3-2(4,5)1(6)7/h5-10H,4,11-13H2,1-3H3,(H,31,32);(H,6,7). The van der Waals surface area contributed by atoms with Crippen molar-refractivity contribution < 1.29 is 46.5 Å². The van der Waals surface area contributed by atoms with Crippen molar-refractivity contribution in [3.05, 3.63) is 85.5 Å². The molecule has 222 valence electrons. The van der Waals surface area contributed by atoms with Gasteiger partial charge in [0.15, 0.2) is 0 Å². The molecule has 0 bridgehead atoms. The van der Waals surface area contributed by atoms with Gasteiger partial charge < -0.3 is 24.4 Å². The van der Waals surface area contributed by atoms with Crippen LogP contribution in [0.3, 0.4) is 0 Å². The van der Waals surface area contributed by atoms with Crippen LogP contribution < -0.4 is 15.2 Å². The second kappa shape index (κ2) is 14.1. The molecule has 0 saturated carbocycles. The van der Waals surface area contributed by atoms with Gasteiger partial charge in [0.2, 0.25) is 0 Å². The number of carbonyl (C=O) groups is 2. The van der Waals surface area contributed by atoms with E-state index >= 15 is 0 Å². The Morgan fingerprint density at radius 2 is 1.73 bits per heavy atom. The van der Waals surface area contributed by atoms with Crippen LogP contribution >= 0.6 is 15.9 Å². The maximum absolute atomic E-state index is 13.9. The van der Waals surface area contributed by atoms with Crippen molar-refractivity contribution in [3.63, 3.8) is 0 Å². The van der Waals surface area contributed by atoms with Crippen molar-refractivity contribution in [2.24, 2.45) is 0 Å². The Balaban J connectivity index is 0.000000745. The van der Waals surface area contributed by atoms with E-state index in [1.807, 2.05) is 13.8 Å². The molecule has 0 aliphatic rings. The fraction of sp³-hybridized carbons (Fsp3) is 0.308. The van der Waals surface area contributed by atoms with Gasteiger partial charge in [-0.1, -0.05) is 0 Å². The summed E-state index contributed by atoms with van der Waals surface area (Å²) in [5, 5.41) is 16.4. The first-order valence-electron chi connectivity index (χ1n) is 11.7. The smallest absolute Gasteiger partial charge is 0.487 e. The molecule has 2 aromatic heterocycles. The van der Waals surface area contributed by atoms with Crippen LogP contribution in [0.15, 0.2) is 45.8 Å². The second-order valence-electron chi connectivity index (χ2n) is 8.54. The zero-order valence-corrected chi connectivity index (χ0v) is 23.5.